The summed E-state index contributed by atoms with van der Waals surface area (Å²) in [4.78, 5) is 11.5. The Balaban J connectivity index is 0.000000181. The molecule has 0 amide bonds. The van der Waals surface area contributed by atoms with Gasteiger partial charge in [-0.3, -0.25) is 20.0 Å². The first-order valence-corrected chi connectivity index (χ1v) is 42.1. The first kappa shape index (κ1) is 92.4. The van der Waals surface area contributed by atoms with E-state index in [1.54, 1.807) is 7.11 Å². The van der Waals surface area contributed by atoms with Gasteiger partial charge in [-0.2, -0.15) is 20.4 Å². The summed E-state index contributed by atoms with van der Waals surface area (Å²) in [5.74, 6) is 4.89. The molecule has 3 aliphatic rings. The van der Waals surface area contributed by atoms with Gasteiger partial charge in [0.2, 0.25) is 5.71 Å². The molecule has 1 unspecified atom stereocenters. The van der Waals surface area contributed by atoms with Crippen molar-refractivity contribution in [1.29, 1.82) is 0 Å². The third-order valence-corrected chi connectivity index (χ3v) is 19.8. The molecular formula is C92H137N16O8+. The lowest BCUT2D eigenvalue weighted by atomic mass is 9.97. The number of unbranched alkanes of at least 4 members (excludes halogenated alkanes) is 1. The molecule has 5 aromatic carbocycles. The number of aromatic nitrogens is 8. The summed E-state index contributed by atoms with van der Waals surface area (Å²) < 4.78 is 48.8. The third-order valence-electron chi connectivity index (χ3n) is 19.8. The summed E-state index contributed by atoms with van der Waals surface area (Å²) in [6, 6.07) is 41.2. The summed E-state index contributed by atoms with van der Waals surface area (Å²) in [6.07, 6.45) is 21.5. The van der Waals surface area contributed by atoms with E-state index in [0.717, 1.165) is 216 Å². The van der Waals surface area contributed by atoms with Crippen LogP contribution in [-0.4, -0.2) is 241 Å². The van der Waals surface area contributed by atoms with Gasteiger partial charge in [0.25, 0.3) is 0 Å². The Hall–Kier alpha value is -9.08. The molecule has 12 rings (SSSR count). The molecule has 0 saturated carbocycles. The third kappa shape index (κ3) is 31.4. The lowest BCUT2D eigenvalue weighted by Gasteiger charge is -2.23. The molecule has 2 saturated heterocycles. The second-order valence-electron chi connectivity index (χ2n) is 31.1. The number of H-pyrrole nitrogens is 3. The second kappa shape index (κ2) is 50.5. The minimum atomic E-state index is 0.193. The normalized spacial score (nSPS) is 14.4. The van der Waals surface area contributed by atoms with E-state index in [-0.39, 0.29) is 24.4 Å². The van der Waals surface area contributed by atoms with Crippen LogP contribution in [0.2, 0.25) is 0 Å². The minimum absolute atomic E-state index is 0.193. The van der Waals surface area contributed by atoms with E-state index in [9.17, 15) is 0 Å². The van der Waals surface area contributed by atoms with Crippen molar-refractivity contribution in [2.75, 3.05) is 135 Å². The number of nitrogens with zero attached hydrogens (tertiary/aromatic N) is 12. The van der Waals surface area contributed by atoms with Crippen molar-refractivity contribution < 1.29 is 42.6 Å². The maximum atomic E-state index is 6.05. The van der Waals surface area contributed by atoms with Gasteiger partial charge < -0.3 is 68.1 Å². The lowest BCUT2D eigenvalue weighted by Crippen LogP contribution is -2.32. The fourth-order valence-corrected chi connectivity index (χ4v) is 14.2. The standard InChI is InChI=1S/C20H29N3O2.C19H27N3O2.C18H27N3O.C18H28N3O.C17H26N4O2/c1-3-4-11-23(2)15-17-14-21-22-20(17)16-5-7-18(8-6-16)25-19-9-12-24-13-10-19;1-3-10-22(2)14-16-13-20-21-19(16)15-4-6-17(7-5-15)24-18-8-11-23-12-9-18;1-6-11-20(4)12-16-13-21(5)19-18(16)15-7-9-17(10-8-15)22-14(2)3;1-6-11-20(4)13-16-12-19-21(5)18(16)15-7-9-17(10-8-15)22-14(2)3;1-21(9-8-18)13-15-12-19-20-17(15)14-4-6-16(7-5-14)23-11-3-10-22-2/h5-8,14,19H,3-4,9-13,15H2,1-2H3,(H,21,22);4-7,13,18H,3,8-12,14H2,1-2H3,(H,20,21);7-10,13-14H,6,11-12H2,1-5H3;7-10,12,14,16H,6,11,13H2,1-5H3;4-7,12H,3,8-11,13,18H2,1-2H3,(H,19,20)/q;;;+1;. The Morgan fingerprint density at radius 3 is 1.30 bits per heavy atom. The zero-order chi connectivity index (χ0) is 83.0. The molecule has 0 spiro atoms. The van der Waals surface area contributed by atoms with E-state index in [4.69, 9.17) is 43.6 Å². The molecule has 24 nitrogen and oxygen atoms in total. The molecule has 632 valence electrons. The SMILES string of the molecule is CCCCN(C)Cc1cn[nH]c1-c1ccc(OC2CCOCC2)cc1.CCCN(C)CC1C=N[N+](C)=C1c1ccc(OC(C)C)cc1.CCCN(C)Cc1cn(C)nc1-c1ccc(OC(C)C)cc1.CCCN(C)Cc1cn[nH]c1-c1ccc(OC2CCOCC2)cc1.COCCCOc1ccc(-c2[nH]ncc2CN(C)CCN)cc1. The average Bonchev–Trinajstić information content (AvgIpc) is 1.67. The van der Waals surface area contributed by atoms with Crippen LogP contribution in [0.25, 0.3) is 45.0 Å². The van der Waals surface area contributed by atoms with E-state index in [1.165, 1.54) is 47.2 Å². The molecule has 1 atom stereocenters. The summed E-state index contributed by atoms with van der Waals surface area (Å²) >= 11 is 0. The molecule has 2 fully saturated rings. The van der Waals surface area contributed by atoms with E-state index in [1.807, 2.05) is 130 Å². The summed E-state index contributed by atoms with van der Waals surface area (Å²) in [6.45, 7) is 32.0. The molecule has 116 heavy (non-hydrogen) atoms. The van der Waals surface area contributed by atoms with Gasteiger partial charge in [0.1, 0.15) is 46.9 Å². The highest BCUT2D eigenvalue weighted by Gasteiger charge is 2.31. The molecule has 5 N–H and O–H groups in total. The van der Waals surface area contributed by atoms with Crippen molar-refractivity contribution in [2.24, 2.45) is 23.8 Å². The van der Waals surface area contributed by atoms with Crippen LogP contribution in [-0.2, 0) is 47.4 Å². The second-order valence-corrected chi connectivity index (χ2v) is 31.1. The summed E-state index contributed by atoms with van der Waals surface area (Å²) in [5, 5.41) is 31.1. The lowest BCUT2D eigenvalue weighted by molar-refractivity contribution is -0.499. The molecular weight excluding hydrogens is 1460 g/mol. The molecule has 9 aromatic rings. The highest BCUT2D eigenvalue weighted by atomic mass is 16.5. The van der Waals surface area contributed by atoms with Crippen LogP contribution in [0.1, 0.15) is 147 Å². The van der Waals surface area contributed by atoms with Crippen molar-refractivity contribution in [3.63, 3.8) is 0 Å². The van der Waals surface area contributed by atoms with Crippen molar-refractivity contribution in [3.8, 4) is 73.8 Å². The number of hydrogen-bond acceptors (Lipinski definition) is 19. The largest absolute Gasteiger partial charge is 0.494 e. The minimum Gasteiger partial charge on any atom is -0.494 e. The van der Waals surface area contributed by atoms with E-state index < -0.39 is 0 Å². The van der Waals surface area contributed by atoms with Crippen LogP contribution in [0.15, 0.2) is 151 Å². The van der Waals surface area contributed by atoms with Crippen molar-refractivity contribution in [1.82, 2.24) is 64.9 Å². The number of aromatic amines is 3. The van der Waals surface area contributed by atoms with Crippen molar-refractivity contribution in [2.45, 2.75) is 170 Å². The van der Waals surface area contributed by atoms with Gasteiger partial charge in [-0.05, 0) is 241 Å². The summed E-state index contributed by atoms with van der Waals surface area (Å²) in [7, 11) is 16.4. The molecule has 0 radical (unpaired) electrons. The summed E-state index contributed by atoms with van der Waals surface area (Å²) in [5.41, 5.74) is 21.8. The molecule has 0 bridgehead atoms. The Kier molecular flexibility index (Phi) is 40.3. The first-order chi connectivity index (χ1) is 56.3. The van der Waals surface area contributed by atoms with Crippen LogP contribution in [0.3, 0.4) is 0 Å². The number of aryl methyl sites for hydroxylation is 1. The van der Waals surface area contributed by atoms with Gasteiger partial charge in [0.05, 0.1) is 92.8 Å². The topological polar surface area (TPSA) is 235 Å². The smallest absolute Gasteiger partial charge is 0.225 e. The zero-order valence-electron chi connectivity index (χ0n) is 72.6. The Morgan fingerprint density at radius 2 is 0.879 bits per heavy atom. The van der Waals surface area contributed by atoms with Crippen LogP contribution in [0.5, 0.6) is 28.7 Å². The van der Waals surface area contributed by atoms with Gasteiger partial charge in [0, 0.05) is 155 Å². The Morgan fingerprint density at radius 1 is 0.483 bits per heavy atom. The molecule has 0 aliphatic carbocycles. The maximum absolute atomic E-state index is 6.05. The molecule has 4 aromatic heterocycles. The van der Waals surface area contributed by atoms with Gasteiger partial charge >= 0.3 is 0 Å². The van der Waals surface area contributed by atoms with E-state index in [0.29, 0.717) is 25.7 Å². The average molecular weight is 1600 g/mol. The molecule has 3 aliphatic heterocycles. The highest BCUT2D eigenvalue weighted by molar-refractivity contribution is 6.08. The van der Waals surface area contributed by atoms with Gasteiger partial charge in [-0.25, -0.2) is 0 Å². The first-order valence-electron chi connectivity index (χ1n) is 42.1. The van der Waals surface area contributed by atoms with Crippen LogP contribution in [0.4, 0.5) is 0 Å². The molecule has 7 heterocycles. The van der Waals surface area contributed by atoms with Crippen LogP contribution < -0.4 is 29.4 Å². The number of nitrogens with two attached hydrogens (primary N) is 1. The number of hydrazone groups is 1. The van der Waals surface area contributed by atoms with E-state index in [2.05, 4.69) is 201 Å². The molecule has 24 heteroatoms. The van der Waals surface area contributed by atoms with Gasteiger partial charge in [-0.15, -0.1) is 0 Å². The van der Waals surface area contributed by atoms with Crippen molar-refractivity contribution in [3.05, 3.63) is 174 Å². The Bertz CT molecular complexity index is 4200. The number of hydrogen-bond donors (Lipinski definition) is 4. The predicted molar refractivity (Wildman–Crippen MR) is 470 cm³/mol. The fourth-order valence-electron chi connectivity index (χ4n) is 14.2. The quantitative estimate of drug-likeness (QED) is 0.0207. The van der Waals surface area contributed by atoms with E-state index >= 15 is 0 Å². The number of benzene rings is 5. The Labute approximate surface area is 692 Å². The highest BCUT2D eigenvalue weighted by Crippen LogP contribution is 2.31. The van der Waals surface area contributed by atoms with Gasteiger partial charge in [-0.1, -0.05) is 38.8 Å². The predicted octanol–water partition coefficient (Wildman–Crippen LogP) is 15.8. The van der Waals surface area contributed by atoms with Crippen LogP contribution >= 0.6 is 0 Å². The zero-order valence-corrected chi connectivity index (χ0v) is 72.6. The number of methoxy groups -OCH3 is 1. The monoisotopic (exact) mass is 1590 g/mol. The number of nitrogens with one attached hydrogen (secondary N) is 3. The van der Waals surface area contributed by atoms with Crippen molar-refractivity contribution >= 4 is 11.9 Å². The number of rotatable bonds is 39. The fraction of sp³-hybridized carbons (Fsp3) is 0.522. The maximum Gasteiger partial charge on any atom is 0.225 e. The number of likely N-dealkylation sites (N-methyl/N-ethyl adjacent to an activating group) is 1. The number of ether oxygens (including phenoxy) is 8. The van der Waals surface area contributed by atoms with Gasteiger partial charge in [0.15, 0.2) is 7.05 Å². The van der Waals surface area contributed by atoms with Crippen LogP contribution in [0, 0.1) is 5.92 Å².